The number of methoxy groups -OCH3 is 1. The van der Waals surface area contributed by atoms with Crippen LogP contribution >= 0.6 is 23.6 Å². The second kappa shape index (κ2) is 7.15. The van der Waals surface area contributed by atoms with E-state index in [4.69, 9.17) is 17.0 Å². The molecule has 0 spiro atoms. The first-order valence-corrected chi connectivity index (χ1v) is 7.55. The van der Waals surface area contributed by atoms with Crippen LogP contribution in [-0.4, -0.2) is 18.1 Å². The summed E-state index contributed by atoms with van der Waals surface area (Å²) in [6.07, 6.45) is 3.29. The lowest BCUT2D eigenvalue weighted by Gasteiger charge is -2.00. The number of thiophene rings is 1. The van der Waals surface area contributed by atoms with Gasteiger partial charge in [0.15, 0.2) is 0 Å². The smallest absolute Gasteiger partial charge is 0.248 e. The number of nitrogens with one attached hydrogen (secondary N) is 1. The van der Waals surface area contributed by atoms with Gasteiger partial charge >= 0.3 is 0 Å². The van der Waals surface area contributed by atoms with Gasteiger partial charge in [-0.25, -0.2) is 0 Å². The van der Waals surface area contributed by atoms with Crippen molar-refractivity contribution < 1.29 is 9.53 Å². The van der Waals surface area contributed by atoms with Crippen LogP contribution in [0, 0.1) is 6.92 Å². The number of carbonyl (C=O) groups excluding carboxylic acids is 1. The largest absolute Gasteiger partial charge is 0.486 e. The van der Waals surface area contributed by atoms with Crippen molar-refractivity contribution >= 4 is 46.3 Å². The lowest BCUT2D eigenvalue weighted by Crippen LogP contribution is -2.07. The molecule has 21 heavy (non-hydrogen) atoms. The first-order chi connectivity index (χ1) is 10.1. The minimum Gasteiger partial charge on any atom is -0.486 e. The van der Waals surface area contributed by atoms with Gasteiger partial charge in [-0.3, -0.25) is 4.79 Å². The molecule has 2 rings (SSSR count). The van der Waals surface area contributed by atoms with Crippen molar-refractivity contribution in [1.29, 1.82) is 0 Å². The van der Waals surface area contributed by atoms with Crippen LogP contribution in [0.4, 0.5) is 5.69 Å². The Bertz CT molecular complexity index is 675. The molecule has 0 fully saturated rings. The van der Waals surface area contributed by atoms with Gasteiger partial charge in [-0.15, -0.1) is 11.3 Å². The molecule has 1 N–H and O–H groups in total. The third kappa shape index (κ3) is 4.24. The van der Waals surface area contributed by atoms with E-state index in [1.807, 2.05) is 43.3 Å². The molecule has 0 unspecified atom stereocenters. The fraction of sp³-hybridized carbons (Fsp3) is 0.125. The summed E-state index contributed by atoms with van der Waals surface area (Å²) in [5.74, 6) is -0.172. The van der Waals surface area contributed by atoms with Crippen LogP contribution in [0.5, 0.6) is 0 Å². The van der Waals surface area contributed by atoms with Crippen molar-refractivity contribution in [3.05, 3.63) is 57.8 Å². The number of aryl methyl sites for hydroxylation is 1. The van der Waals surface area contributed by atoms with Crippen LogP contribution in [-0.2, 0) is 9.53 Å². The van der Waals surface area contributed by atoms with E-state index in [1.54, 1.807) is 6.08 Å². The number of thiocarbonyl (C=S) groups is 1. The van der Waals surface area contributed by atoms with E-state index in [0.29, 0.717) is 5.05 Å². The lowest BCUT2D eigenvalue weighted by atomic mass is 10.2. The zero-order valence-electron chi connectivity index (χ0n) is 11.8. The van der Waals surface area contributed by atoms with Crippen LogP contribution < -0.4 is 5.32 Å². The van der Waals surface area contributed by atoms with Crippen molar-refractivity contribution in [2.24, 2.45) is 0 Å². The third-order valence-corrected chi connectivity index (χ3v) is 4.35. The highest BCUT2D eigenvalue weighted by molar-refractivity contribution is 7.80. The Morgan fingerprint density at radius 3 is 2.71 bits per heavy atom. The highest BCUT2D eigenvalue weighted by Crippen LogP contribution is 2.27. The normalized spacial score (nSPS) is 10.6. The van der Waals surface area contributed by atoms with Gasteiger partial charge in [0.05, 0.1) is 17.7 Å². The second-order valence-corrected chi connectivity index (χ2v) is 5.93. The summed E-state index contributed by atoms with van der Waals surface area (Å²) in [6.45, 7) is 1.93. The maximum absolute atomic E-state index is 11.9. The number of ether oxygens (including phenoxy) is 1. The fourth-order valence-electron chi connectivity index (χ4n) is 1.72. The Kier molecular flexibility index (Phi) is 5.25. The molecule has 0 aliphatic carbocycles. The molecule has 5 heteroatoms. The fourth-order valence-corrected chi connectivity index (χ4v) is 2.79. The summed E-state index contributed by atoms with van der Waals surface area (Å²) in [5, 5.41) is 3.28. The Labute approximate surface area is 133 Å². The van der Waals surface area contributed by atoms with Crippen molar-refractivity contribution in [3.63, 3.8) is 0 Å². The van der Waals surface area contributed by atoms with E-state index >= 15 is 0 Å². The number of anilines is 1. The van der Waals surface area contributed by atoms with Gasteiger partial charge in [-0.2, -0.15) is 0 Å². The van der Waals surface area contributed by atoms with E-state index in [-0.39, 0.29) is 5.91 Å². The van der Waals surface area contributed by atoms with Crippen LogP contribution in [0.1, 0.15) is 15.3 Å². The molecule has 2 aromatic rings. The molecular formula is C16H15NO2S2. The number of hydrogen-bond acceptors (Lipinski definition) is 4. The lowest BCUT2D eigenvalue weighted by molar-refractivity contribution is -0.111. The number of amides is 1. The molecule has 0 radical (unpaired) electrons. The van der Waals surface area contributed by atoms with E-state index in [2.05, 4.69) is 5.32 Å². The Morgan fingerprint density at radius 1 is 1.33 bits per heavy atom. The zero-order chi connectivity index (χ0) is 15.2. The molecule has 108 valence electrons. The average Bonchev–Trinajstić information content (AvgIpc) is 2.86. The van der Waals surface area contributed by atoms with Gasteiger partial charge in [0.1, 0.15) is 0 Å². The van der Waals surface area contributed by atoms with Crippen LogP contribution in [0.25, 0.3) is 6.08 Å². The SMILES string of the molecule is COC(=S)c1cc(NC(=O)/C=C/c2ccccc2)c(C)s1. The molecule has 0 aliphatic rings. The van der Waals surface area contributed by atoms with Crippen LogP contribution in [0.15, 0.2) is 42.5 Å². The van der Waals surface area contributed by atoms with E-state index in [9.17, 15) is 4.79 Å². The summed E-state index contributed by atoms with van der Waals surface area (Å²) >= 11 is 6.58. The topological polar surface area (TPSA) is 38.3 Å². The molecule has 3 nitrogen and oxygen atoms in total. The third-order valence-electron chi connectivity index (χ3n) is 2.79. The highest BCUT2D eigenvalue weighted by Gasteiger charge is 2.10. The number of rotatable bonds is 4. The molecule has 1 heterocycles. The summed E-state index contributed by atoms with van der Waals surface area (Å²) in [7, 11) is 1.54. The van der Waals surface area contributed by atoms with Crippen LogP contribution in [0.3, 0.4) is 0 Å². The number of hydrogen-bond donors (Lipinski definition) is 1. The molecule has 0 saturated carbocycles. The molecule has 0 atom stereocenters. The summed E-state index contributed by atoms with van der Waals surface area (Å²) < 4.78 is 5.03. The minimum absolute atomic E-state index is 0.172. The van der Waals surface area contributed by atoms with Crippen LogP contribution in [0.2, 0.25) is 0 Å². The molecule has 1 aromatic carbocycles. The first kappa shape index (κ1) is 15.4. The standard InChI is InChI=1S/C16H15NO2S2/c1-11-13(10-14(21-11)16(20)19-2)17-15(18)9-8-12-6-4-3-5-7-12/h3-10H,1-2H3,(H,17,18)/b9-8+. The van der Waals surface area contributed by atoms with Gasteiger partial charge in [0.25, 0.3) is 0 Å². The van der Waals surface area contributed by atoms with Crippen molar-refractivity contribution in [2.45, 2.75) is 6.92 Å². The minimum atomic E-state index is -0.172. The Morgan fingerprint density at radius 2 is 2.05 bits per heavy atom. The molecule has 1 aromatic heterocycles. The molecule has 1 amide bonds. The number of carbonyl (C=O) groups is 1. The molecule has 0 saturated heterocycles. The van der Waals surface area contributed by atoms with Gasteiger partial charge in [-0.05, 0) is 36.8 Å². The molecule has 0 bridgehead atoms. The van der Waals surface area contributed by atoms with Gasteiger partial charge < -0.3 is 10.1 Å². The predicted octanol–water partition coefficient (Wildman–Crippen LogP) is 4.03. The van der Waals surface area contributed by atoms with Crippen molar-refractivity contribution in [3.8, 4) is 0 Å². The van der Waals surface area contributed by atoms with E-state index in [0.717, 1.165) is 21.0 Å². The Balaban J connectivity index is 2.05. The molecule has 0 aliphatic heterocycles. The molecular weight excluding hydrogens is 302 g/mol. The number of benzene rings is 1. The predicted molar refractivity (Wildman–Crippen MR) is 91.9 cm³/mol. The maximum atomic E-state index is 11.9. The first-order valence-electron chi connectivity index (χ1n) is 6.33. The Hall–Kier alpha value is -1.98. The van der Waals surface area contributed by atoms with E-state index < -0.39 is 0 Å². The summed E-state index contributed by atoms with van der Waals surface area (Å²) in [5.41, 5.74) is 1.74. The zero-order valence-corrected chi connectivity index (χ0v) is 13.4. The van der Waals surface area contributed by atoms with Crippen molar-refractivity contribution in [1.82, 2.24) is 0 Å². The quantitative estimate of drug-likeness (QED) is 0.683. The highest BCUT2D eigenvalue weighted by atomic mass is 32.1. The average molecular weight is 317 g/mol. The summed E-state index contributed by atoms with van der Waals surface area (Å²) in [4.78, 5) is 13.8. The second-order valence-electron chi connectivity index (χ2n) is 4.31. The van der Waals surface area contributed by atoms with Gasteiger partial charge in [0, 0.05) is 11.0 Å². The maximum Gasteiger partial charge on any atom is 0.248 e. The van der Waals surface area contributed by atoms with Gasteiger partial charge in [0.2, 0.25) is 11.0 Å². The van der Waals surface area contributed by atoms with Crippen molar-refractivity contribution in [2.75, 3.05) is 12.4 Å². The van der Waals surface area contributed by atoms with E-state index in [1.165, 1.54) is 24.5 Å². The van der Waals surface area contributed by atoms with Gasteiger partial charge in [-0.1, -0.05) is 30.3 Å². The monoisotopic (exact) mass is 317 g/mol. The summed E-state index contributed by atoms with van der Waals surface area (Å²) in [6, 6.07) is 11.5.